The summed E-state index contributed by atoms with van der Waals surface area (Å²) in [4.78, 5) is 12.6. The molecule has 0 aliphatic heterocycles. The van der Waals surface area contributed by atoms with Gasteiger partial charge in [0.25, 0.3) is 5.91 Å². The second-order valence-electron chi connectivity index (χ2n) is 7.16. The Morgan fingerprint density at radius 1 is 0.906 bits per heavy atom. The Morgan fingerprint density at radius 2 is 1.56 bits per heavy atom. The van der Waals surface area contributed by atoms with E-state index in [1.807, 2.05) is 36.4 Å². The molecule has 1 N–H and O–H groups in total. The summed E-state index contributed by atoms with van der Waals surface area (Å²) in [6, 6.07) is 27.5. The summed E-state index contributed by atoms with van der Waals surface area (Å²) in [5.41, 5.74) is 2.94. The van der Waals surface area contributed by atoms with E-state index in [1.165, 1.54) is 5.56 Å². The molecule has 0 unspecified atom stereocenters. The zero-order valence-electron chi connectivity index (χ0n) is 17.8. The topological polar surface area (TPSA) is 69.0 Å². The van der Waals surface area contributed by atoms with Crippen LogP contribution in [0.4, 0.5) is 0 Å². The standard InChI is InChI=1S/C25H24N4O2S/c1-31-22-14-12-21(13-15-22)24(30)26-16-23-27-28-25(32-18-20-10-6-3-7-11-20)29(23)17-19-8-4-2-5-9-19/h2-15H,16-18H2,1H3,(H,26,30). The highest BCUT2D eigenvalue weighted by Gasteiger charge is 2.15. The van der Waals surface area contributed by atoms with E-state index >= 15 is 0 Å². The first-order valence-corrected chi connectivity index (χ1v) is 11.3. The zero-order chi connectivity index (χ0) is 22.2. The van der Waals surface area contributed by atoms with Gasteiger partial charge in [-0.15, -0.1) is 10.2 Å². The number of nitrogens with zero attached hydrogens (tertiary/aromatic N) is 3. The minimum absolute atomic E-state index is 0.166. The number of carbonyl (C=O) groups excluding carboxylic acids is 1. The molecule has 0 spiro atoms. The van der Waals surface area contributed by atoms with Crippen molar-refractivity contribution in [3.63, 3.8) is 0 Å². The predicted octanol–water partition coefficient (Wildman–Crippen LogP) is 4.56. The molecule has 0 saturated heterocycles. The summed E-state index contributed by atoms with van der Waals surface area (Å²) in [5.74, 6) is 2.06. The van der Waals surface area contributed by atoms with Crippen molar-refractivity contribution >= 4 is 17.7 Å². The van der Waals surface area contributed by atoms with E-state index in [4.69, 9.17) is 4.74 Å². The van der Waals surface area contributed by atoms with Crippen molar-refractivity contribution in [2.24, 2.45) is 0 Å². The van der Waals surface area contributed by atoms with Crippen LogP contribution in [0.1, 0.15) is 27.3 Å². The molecule has 4 rings (SSSR count). The van der Waals surface area contributed by atoms with Crippen molar-refractivity contribution in [3.05, 3.63) is 107 Å². The molecule has 0 fully saturated rings. The van der Waals surface area contributed by atoms with Gasteiger partial charge in [-0.05, 0) is 35.4 Å². The van der Waals surface area contributed by atoms with Gasteiger partial charge < -0.3 is 14.6 Å². The first-order chi connectivity index (χ1) is 15.7. The summed E-state index contributed by atoms with van der Waals surface area (Å²) < 4.78 is 7.22. The highest BCUT2D eigenvalue weighted by molar-refractivity contribution is 7.98. The summed E-state index contributed by atoms with van der Waals surface area (Å²) in [6.45, 7) is 0.926. The molecular formula is C25H24N4O2S. The van der Waals surface area contributed by atoms with Crippen molar-refractivity contribution in [1.82, 2.24) is 20.1 Å². The second kappa shape index (κ2) is 10.6. The van der Waals surface area contributed by atoms with Gasteiger partial charge in [0.15, 0.2) is 11.0 Å². The lowest BCUT2D eigenvalue weighted by Gasteiger charge is -2.11. The molecular weight excluding hydrogens is 420 g/mol. The average Bonchev–Trinajstić information content (AvgIpc) is 3.23. The van der Waals surface area contributed by atoms with Crippen LogP contribution in [-0.4, -0.2) is 27.8 Å². The van der Waals surface area contributed by atoms with E-state index in [9.17, 15) is 4.79 Å². The summed E-state index contributed by atoms with van der Waals surface area (Å²) in [6.07, 6.45) is 0. The third-order valence-electron chi connectivity index (χ3n) is 4.95. The number of carbonyl (C=O) groups is 1. The first kappa shape index (κ1) is 21.6. The van der Waals surface area contributed by atoms with Crippen LogP contribution < -0.4 is 10.1 Å². The van der Waals surface area contributed by atoms with Gasteiger partial charge in [-0.3, -0.25) is 4.79 Å². The zero-order valence-corrected chi connectivity index (χ0v) is 18.6. The molecule has 1 amide bonds. The van der Waals surface area contributed by atoms with Crippen LogP contribution in [0.3, 0.4) is 0 Å². The predicted molar refractivity (Wildman–Crippen MR) is 126 cm³/mol. The Bertz CT molecular complexity index is 1150. The molecule has 0 atom stereocenters. The van der Waals surface area contributed by atoms with Crippen LogP contribution in [0.5, 0.6) is 5.75 Å². The number of amides is 1. The number of ether oxygens (including phenoxy) is 1. The highest BCUT2D eigenvalue weighted by atomic mass is 32.2. The van der Waals surface area contributed by atoms with Crippen molar-refractivity contribution in [1.29, 1.82) is 0 Å². The largest absolute Gasteiger partial charge is 0.497 e. The normalized spacial score (nSPS) is 10.7. The maximum Gasteiger partial charge on any atom is 0.251 e. The molecule has 162 valence electrons. The number of thioether (sulfide) groups is 1. The van der Waals surface area contributed by atoms with Crippen LogP contribution in [0.15, 0.2) is 90.1 Å². The molecule has 6 nitrogen and oxygen atoms in total. The molecule has 1 aromatic heterocycles. The van der Waals surface area contributed by atoms with E-state index in [1.54, 1.807) is 43.1 Å². The van der Waals surface area contributed by atoms with E-state index in [0.29, 0.717) is 23.7 Å². The maximum atomic E-state index is 12.6. The average molecular weight is 445 g/mol. The Morgan fingerprint density at radius 3 is 2.22 bits per heavy atom. The van der Waals surface area contributed by atoms with Crippen LogP contribution in [0.2, 0.25) is 0 Å². The summed E-state index contributed by atoms with van der Waals surface area (Å²) >= 11 is 1.64. The number of methoxy groups -OCH3 is 1. The van der Waals surface area contributed by atoms with E-state index < -0.39 is 0 Å². The van der Waals surface area contributed by atoms with Gasteiger partial charge in [-0.1, -0.05) is 72.4 Å². The van der Waals surface area contributed by atoms with Crippen molar-refractivity contribution < 1.29 is 9.53 Å². The lowest BCUT2D eigenvalue weighted by molar-refractivity contribution is 0.0949. The number of hydrogen-bond acceptors (Lipinski definition) is 5. The first-order valence-electron chi connectivity index (χ1n) is 10.3. The second-order valence-corrected chi connectivity index (χ2v) is 8.10. The number of nitrogens with one attached hydrogen (secondary N) is 1. The maximum absolute atomic E-state index is 12.6. The van der Waals surface area contributed by atoms with Gasteiger partial charge in [0.2, 0.25) is 0 Å². The Kier molecular flexibility index (Phi) is 7.19. The molecule has 3 aromatic carbocycles. The van der Waals surface area contributed by atoms with Crippen molar-refractivity contribution in [2.75, 3.05) is 7.11 Å². The fourth-order valence-electron chi connectivity index (χ4n) is 3.21. The molecule has 0 radical (unpaired) electrons. The van der Waals surface area contributed by atoms with Crippen LogP contribution in [-0.2, 0) is 18.8 Å². The minimum Gasteiger partial charge on any atom is -0.497 e. The van der Waals surface area contributed by atoms with Crippen molar-refractivity contribution in [3.8, 4) is 5.75 Å². The van der Waals surface area contributed by atoms with E-state index in [2.05, 4.69) is 44.3 Å². The molecule has 0 aliphatic carbocycles. The lowest BCUT2D eigenvalue weighted by Crippen LogP contribution is -2.25. The number of hydrogen-bond donors (Lipinski definition) is 1. The SMILES string of the molecule is COc1ccc(C(=O)NCc2nnc(SCc3ccccc3)n2Cc2ccccc2)cc1. The van der Waals surface area contributed by atoms with Gasteiger partial charge in [-0.2, -0.15) is 0 Å². The highest BCUT2D eigenvalue weighted by Crippen LogP contribution is 2.23. The third-order valence-corrected chi connectivity index (χ3v) is 5.98. The van der Waals surface area contributed by atoms with Crippen LogP contribution in [0, 0.1) is 0 Å². The summed E-state index contributed by atoms with van der Waals surface area (Å²) in [5, 5.41) is 12.6. The van der Waals surface area contributed by atoms with E-state index in [0.717, 1.165) is 16.5 Å². The molecule has 0 saturated carbocycles. The molecule has 0 aliphatic rings. The van der Waals surface area contributed by atoms with Gasteiger partial charge in [-0.25, -0.2) is 0 Å². The molecule has 1 heterocycles. The van der Waals surface area contributed by atoms with Crippen LogP contribution >= 0.6 is 11.8 Å². The van der Waals surface area contributed by atoms with Gasteiger partial charge in [0, 0.05) is 11.3 Å². The molecule has 4 aromatic rings. The fourth-order valence-corrected chi connectivity index (χ4v) is 4.12. The number of benzene rings is 3. The third kappa shape index (κ3) is 5.56. The smallest absolute Gasteiger partial charge is 0.251 e. The number of rotatable bonds is 9. The number of aromatic nitrogens is 3. The van der Waals surface area contributed by atoms with Crippen molar-refractivity contribution in [2.45, 2.75) is 24.0 Å². The molecule has 7 heteroatoms. The Hall–Kier alpha value is -3.58. The molecule has 32 heavy (non-hydrogen) atoms. The minimum atomic E-state index is -0.166. The fraction of sp³-hybridized carbons (Fsp3) is 0.160. The summed E-state index contributed by atoms with van der Waals surface area (Å²) in [7, 11) is 1.60. The quantitative estimate of drug-likeness (QED) is 0.383. The van der Waals surface area contributed by atoms with Gasteiger partial charge in [0.1, 0.15) is 5.75 Å². The Balaban J connectivity index is 1.49. The van der Waals surface area contributed by atoms with Gasteiger partial charge >= 0.3 is 0 Å². The van der Waals surface area contributed by atoms with Gasteiger partial charge in [0.05, 0.1) is 20.2 Å². The Labute approximate surface area is 191 Å². The van der Waals surface area contributed by atoms with E-state index in [-0.39, 0.29) is 12.5 Å². The monoisotopic (exact) mass is 444 g/mol. The van der Waals surface area contributed by atoms with Crippen LogP contribution in [0.25, 0.3) is 0 Å². The lowest BCUT2D eigenvalue weighted by atomic mass is 10.2. The molecule has 0 bridgehead atoms.